The van der Waals surface area contributed by atoms with E-state index in [1.807, 2.05) is 59.2 Å². The number of halogens is 1. The Morgan fingerprint density at radius 1 is 0.943 bits per heavy atom. The van der Waals surface area contributed by atoms with Gasteiger partial charge in [-0.1, -0.05) is 36.4 Å². The van der Waals surface area contributed by atoms with Gasteiger partial charge in [-0.25, -0.2) is 4.39 Å². The molecule has 0 unspecified atom stereocenters. The number of amides is 2. The van der Waals surface area contributed by atoms with Crippen molar-refractivity contribution in [1.29, 1.82) is 0 Å². The Balaban J connectivity index is 1.34. The molecular weight excluding hydrogens is 443 g/mol. The molecule has 2 heterocycles. The van der Waals surface area contributed by atoms with E-state index in [0.29, 0.717) is 16.9 Å². The van der Waals surface area contributed by atoms with Crippen molar-refractivity contribution in [3.63, 3.8) is 0 Å². The fraction of sp³-hybridized carbons (Fsp3) is 0.214. The molecular formula is C28H27FN4O2. The van der Waals surface area contributed by atoms with Crippen LogP contribution in [-0.2, 0) is 11.3 Å². The summed E-state index contributed by atoms with van der Waals surface area (Å²) in [6.45, 7) is 1.80. The molecule has 7 heteroatoms. The van der Waals surface area contributed by atoms with Crippen LogP contribution in [0.2, 0.25) is 0 Å². The minimum absolute atomic E-state index is 0.0547. The summed E-state index contributed by atoms with van der Waals surface area (Å²) in [6.07, 6.45) is 1.50. The van der Waals surface area contributed by atoms with Crippen molar-refractivity contribution in [3.05, 3.63) is 95.9 Å². The summed E-state index contributed by atoms with van der Waals surface area (Å²) in [6, 6.07) is 23.8. The number of hydrogen-bond acceptors (Lipinski definition) is 3. The first-order valence-electron chi connectivity index (χ1n) is 11.8. The van der Waals surface area contributed by atoms with E-state index in [0.717, 1.165) is 42.5 Å². The second-order valence-electron chi connectivity index (χ2n) is 8.93. The molecule has 35 heavy (non-hydrogen) atoms. The number of piperidine rings is 1. The van der Waals surface area contributed by atoms with Crippen LogP contribution in [0.5, 0.6) is 0 Å². The lowest BCUT2D eigenvalue weighted by atomic mass is 9.96. The smallest absolute Gasteiger partial charge is 0.272 e. The van der Waals surface area contributed by atoms with E-state index >= 15 is 0 Å². The molecule has 5 rings (SSSR count). The minimum atomic E-state index is -0.299. The third-order valence-electron chi connectivity index (χ3n) is 6.72. The lowest BCUT2D eigenvalue weighted by Crippen LogP contribution is -2.38. The Morgan fingerprint density at radius 3 is 2.34 bits per heavy atom. The van der Waals surface area contributed by atoms with Gasteiger partial charge in [0.1, 0.15) is 11.5 Å². The summed E-state index contributed by atoms with van der Waals surface area (Å²) in [5, 5.41) is 3.90. The summed E-state index contributed by atoms with van der Waals surface area (Å²) < 4.78 is 16.2. The molecule has 1 aliphatic rings. The number of carbonyl (C=O) groups excluding carboxylic acids is 2. The Hall–Kier alpha value is -4.13. The van der Waals surface area contributed by atoms with Crippen LogP contribution < -0.4 is 16.0 Å². The molecule has 3 aromatic carbocycles. The molecule has 1 aromatic heterocycles. The summed E-state index contributed by atoms with van der Waals surface area (Å²) in [5.74, 6) is -0.837. The van der Waals surface area contributed by atoms with E-state index in [1.54, 1.807) is 18.2 Å². The SMILES string of the molecule is NC(=O)C1CCN(c2ccc(NC(=O)c3cc4ccccc4n3Cc3ccccc3F)cc2)CC1. The maximum Gasteiger partial charge on any atom is 0.272 e. The van der Waals surface area contributed by atoms with Crippen molar-refractivity contribution >= 4 is 34.1 Å². The molecule has 178 valence electrons. The second-order valence-corrected chi connectivity index (χ2v) is 8.93. The molecule has 3 N–H and O–H groups in total. The highest BCUT2D eigenvalue weighted by Gasteiger charge is 2.23. The van der Waals surface area contributed by atoms with Gasteiger partial charge in [-0.05, 0) is 55.3 Å². The van der Waals surface area contributed by atoms with Crippen molar-refractivity contribution in [3.8, 4) is 0 Å². The van der Waals surface area contributed by atoms with Crippen molar-refractivity contribution < 1.29 is 14.0 Å². The molecule has 4 aromatic rings. The van der Waals surface area contributed by atoms with Crippen LogP contribution in [0.15, 0.2) is 78.9 Å². The average Bonchev–Trinajstić information content (AvgIpc) is 3.24. The van der Waals surface area contributed by atoms with Gasteiger partial charge in [0, 0.05) is 46.8 Å². The Morgan fingerprint density at radius 2 is 1.63 bits per heavy atom. The van der Waals surface area contributed by atoms with E-state index in [1.165, 1.54) is 6.07 Å². The first kappa shape index (κ1) is 22.7. The number of rotatable bonds is 6. The molecule has 1 fully saturated rings. The number of nitrogens with zero attached hydrogens (tertiary/aromatic N) is 2. The van der Waals surface area contributed by atoms with Crippen LogP contribution >= 0.6 is 0 Å². The molecule has 0 atom stereocenters. The number of anilines is 2. The van der Waals surface area contributed by atoms with E-state index in [-0.39, 0.29) is 30.1 Å². The fourth-order valence-electron chi connectivity index (χ4n) is 4.74. The van der Waals surface area contributed by atoms with Crippen LogP contribution in [0.3, 0.4) is 0 Å². The Bertz CT molecular complexity index is 1370. The zero-order valence-electron chi connectivity index (χ0n) is 19.3. The predicted octanol–water partition coefficient (Wildman–Crippen LogP) is 4.78. The van der Waals surface area contributed by atoms with Gasteiger partial charge in [0.15, 0.2) is 0 Å². The van der Waals surface area contributed by atoms with Gasteiger partial charge in [0.05, 0.1) is 6.54 Å². The summed E-state index contributed by atoms with van der Waals surface area (Å²) in [5.41, 5.74) is 9.01. The molecule has 2 amide bonds. The summed E-state index contributed by atoms with van der Waals surface area (Å²) in [4.78, 5) is 26.9. The van der Waals surface area contributed by atoms with Gasteiger partial charge in [0.25, 0.3) is 5.91 Å². The zero-order valence-corrected chi connectivity index (χ0v) is 19.3. The number of fused-ring (bicyclic) bond motifs is 1. The number of para-hydroxylation sites is 1. The number of nitrogens with one attached hydrogen (secondary N) is 1. The number of primary amides is 1. The van der Waals surface area contributed by atoms with E-state index in [9.17, 15) is 14.0 Å². The van der Waals surface area contributed by atoms with Crippen LogP contribution in [-0.4, -0.2) is 29.5 Å². The fourth-order valence-corrected chi connectivity index (χ4v) is 4.74. The van der Waals surface area contributed by atoms with Crippen molar-refractivity contribution in [2.24, 2.45) is 11.7 Å². The number of benzene rings is 3. The maximum atomic E-state index is 14.4. The third-order valence-corrected chi connectivity index (χ3v) is 6.72. The standard InChI is InChI=1S/C28H27FN4O2/c29-24-7-3-1-6-21(24)18-33-25-8-4-2-5-20(25)17-26(33)28(35)31-22-9-11-23(12-10-22)32-15-13-19(14-16-32)27(30)34/h1-12,17,19H,13-16,18H2,(H2,30,34)(H,31,35). The molecule has 1 aliphatic heterocycles. The highest BCUT2D eigenvalue weighted by molar-refractivity contribution is 6.06. The highest BCUT2D eigenvalue weighted by atomic mass is 19.1. The van der Waals surface area contributed by atoms with Gasteiger partial charge in [-0.15, -0.1) is 0 Å². The van der Waals surface area contributed by atoms with Crippen LogP contribution in [0.4, 0.5) is 15.8 Å². The second kappa shape index (κ2) is 9.62. The lowest BCUT2D eigenvalue weighted by molar-refractivity contribution is -0.122. The first-order chi connectivity index (χ1) is 17.0. The van der Waals surface area contributed by atoms with E-state index < -0.39 is 0 Å². The van der Waals surface area contributed by atoms with E-state index in [4.69, 9.17) is 5.73 Å². The van der Waals surface area contributed by atoms with Crippen LogP contribution in [0.25, 0.3) is 10.9 Å². The number of hydrogen-bond donors (Lipinski definition) is 2. The first-order valence-corrected chi connectivity index (χ1v) is 11.8. The van der Waals surface area contributed by atoms with Gasteiger partial charge in [-0.3, -0.25) is 9.59 Å². The van der Waals surface area contributed by atoms with Crippen molar-refractivity contribution in [2.45, 2.75) is 19.4 Å². The number of nitrogens with two attached hydrogens (primary N) is 1. The summed E-state index contributed by atoms with van der Waals surface area (Å²) >= 11 is 0. The third kappa shape index (κ3) is 4.75. The summed E-state index contributed by atoms with van der Waals surface area (Å²) in [7, 11) is 0. The molecule has 6 nitrogen and oxygen atoms in total. The average molecular weight is 471 g/mol. The molecule has 0 radical (unpaired) electrons. The molecule has 0 saturated carbocycles. The Kier molecular flexibility index (Phi) is 6.23. The van der Waals surface area contributed by atoms with Crippen molar-refractivity contribution in [2.75, 3.05) is 23.3 Å². The molecule has 0 bridgehead atoms. The Labute approximate surface area is 203 Å². The predicted molar refractivity (Wildman–Crippen MR) is 136 cm³/mol. The molecule has 1 saturated heterocycles. The van der Waals surface area contributed by atoms with Gasteiger partial charge in [-0.2, -0.15) is 0 Å². The number of carbonyl (C=O) groups is 2. The highest BCUT2D eigenvalue weighted by Crippen LogP contribution is 2.26. The van der Waals surface area contributed by atoms with Gasteiger partial charge >= 0.3 is 0 Å². The monoisotopic (exact) mass is 470 g/mol. The molecule has 0 aliphatic carbocycles. The normalized spacial score (nSPS) is 14.3. The maximum absolute atomic E-state index is 14.4. The zero-order chi connectivity index (χ0) is 24.4. The van der Waals surface area contributed by atoms with Crippen LogP contribution in [0.1, 0.15) is 28.9 Å². The van der Waals surface area contributed by atoms with Crippen molar-refractivity contribution in [1.82, 2.24) is 4.57 Å². The number of aromatic nitrogens is 1. The van der Waals surface area contributed by atoms with Gasteiger partial charge < -0.3 is 20.5 Å². The largest absolute Gasteiger partial charge is 0.371 e. The van der Waals surface area contributed by atoms with Crippen LogP contribution in [0, 0.1) is 11.7 Å². The van der Waals surface area contributed by atoms with Gasteiger partial charge in [0.2, 0.25) is 5.91 Å². The molecule has 0 spiro atoms. The quantitative estimate of drug-likeness (QED) is 0.426. The lowest BCUT2D eigenvalue weighted by Gasteiger charge is -2.32. The topological polar surface area (TPSA) is 80.4 Å². The van der Waals surface area contributed by atoms with E-state index in [2.05, 4.69) is 10.2 Å². The minimum Gasteiger partial charge on any atom is -0.371 e.